The largest absolute Gasteiger partial charge is 0.351 e. The zero-order valence-corrected chi connectivity index (χ0v) is 12.9. The molecule has 2 rings (SSSR count). The van der Waals surface area contributed by atoms with Gasteiger partial charge in [-0.1, -0.05) is 48.9 Å². The van der Waals surface area contributed by atoms with E-state index >= 15 is 0 Å². The lowest BCUT2D eigenvalue weighted by Crippen LogP contribution is -2.40. The molecule has 0 aliphatic carbocycles. The molecule has 1 aliphatic heterocycles. The molecule has 1 atom stereocenters. The summed E-state index contributed by atoms with van der Waals surface area (Å²) in [6.07, 6.45) is 3.19. The fourth-order valence-corrected chi connectivity index (χ4v) is 2.55. The van der Waals surface area contributed by atoms with Crippen LogP contribution in [0.25, 0.3) is 0 Å². The maximum absolute atomic E-state index is 12.6. The van der Waals surface area contributed by atoms with E-state index in [1.165, 1.54) is 5.57 Å². The van der Waals surface area contributed by atoms with Crippen LogP contribution in [0.1, 0.15) is 24.9 Å². The van der Waals surface area contributed by atoms with E-state index in [0.717, 1.165) is 31.6 Å². The molecule has 0 spiro atoms. The quantitative estimate of drug-likeness (QED) is 0.783. The third-order valence-corrected chi connectivity index (χ3v) is 3.95. The van der Waals surface area contributed by atoms with Gasteiger partial charge in [-0.3, -0.25) is 9.69 Å². The summed E-state index contributed by atoms with van der Waals surface area (Å²) in [5.41, 5.74) is 2.35. The molecule has 1 aliphatic rings. The van der Waals surface area contributed by atoms with Gasteiger partial charge in [0, 0.05) is 13.1 Å². The first-order valence-electron chi connectivity index (χ1n) is 7.64. The molecule has 4 nitrogen and oxygen atoms in total. The Hall–Kier alpha value is -1.65. The molecule has 1 unspecified atom stereocenters. The Morgan fingerprint density at radius 3 is 2.76 bits per heavy atom. The normalized spacial score (nSPS) is 16.4. The summed E-state index contributed by atoms with van der Waals surface area (Å²) in [4.78, 5) is 14.7. The second kappa shape index (κ2) is 7.96. The van der Waals surface area contributed by atoms with Crippen molar-refractivity contribution in [2.45, 2.75) is 19.4 Å². The van der Waals surface area contributed by atoms with Crippen molar-refractivity contribution in [3.05, 3.63) is 47.5 Å². The van der Waals surface area contributed by atoms with Crippen LogP contribution in [0.15, 0.2) is 42.0 Å². The molecular formula is C17H25N3O. The van der Waals surface area contributed by atoms with Gasteiger partial charge in [0.25, 0.3) is 0 Å². The molecule has 1 amide bonds. The van der Waals surface area contributed by atoms with Crippen molar-refractivity contribution in [2.24, 2.45) is 0 Å². The monoisotopic (exact) mass is 287 g/mol. The first-order chi connectivity index (χ1) is 10.2. The Morgan fingerprint density at radius 2 is 2.14 bits per heavy atom. The molecule has 21 heavy (non-hydrogen) atoms. The fraction of sp³-hybridized carbons (Fsp3) is 0.471. The maximum Gasteiger partial charge on any atom is 0.242 e. The highest BCUT2D eigenvalue weighted by Crippen LogP contribution is 2.19. The molecule has 0 fully saturated rings. The summed E-state index contributed by atoms with van der Waals surface area (Å²) < 4.78 is 0. The number of carbonyl (C=O) groups is 1. The van der Waals surface area contributed by atoms with E-state index < -0.39 is 0 Å². The van der Waals surface area contributed by atoms with E-state index in [1.807, 2.05) is 37.4 Å². The van der Waals surface area contributed by atoms with E-state index in [1.54, 1.807) is 0 Å². The van der Waals surface area contributed by atoms with Gasteiger partial charge in [-0.05, 0) is 32.1 Å². The first-order valence-corrected chi connectivity index (χ1v) is 7.64. The summed E-state index contributed by atoms with van der Waals surface area (Å²) in [7, 11) is 1.99. The molecule has 0 saturated carbocycles. The molecule has 0 radical (unpaired) electrons. The summed E-state index contributed by atoms with van der Waals surface area (Å²) in [6.45, 7) is 5.46. The summed E-state index contributed by atoms with van der Waals surface area (Å²) in [5, 5.41) is 6.37. The molecule has 0 bridgehead atoms. The van der Waals surface area contributed by atoms with Gasteiger partial charge in [0.1, 0.15) is 6.04 Å². The number of nitrogens with one attached hydrogen (secondary N) is 2. The van der Waals surface area contributed by atoms with Gasteiger partial charge in [0.2, 0.25) is 5.91 Å². The van der Waals surface area contributed by atoms with Crippen molar-refractivity contribution in [1.82, 2.24) is 15.5 Å². The SMILES string of the molecule is CCN(C)C(C(=O)NCC1=CCNCC1)c1ccccc1. The third kappa shape index (κ3) is 4.41. The molecule has 1 heterocycles. The van der Waals surface area contributed by atoms with E-state index in [2.05, 4.69) is 28.5 Å². The number of benzene rings is 1. The van der Waals surface area contributed by atoms with E-state index in [0.29, 0.717) is 6.54 Å². The molecule has 1 aromatic carbocycles. The molecule has 0 aromatic heterocycles. The lowest BCUT2D eigenvalue weighted by atomic mass is 10.0. The number of likely N-dealkylation sites (N-methyl/N-ethyl adjacent to an activating group) is 1. The molecule has 4 heteroatoms. The fourth-order valence-electron chi connectivity index (χ4n) is 2.55. The van der Waals surface area contributed by atoms with Gasteiger partial charge in [0.15, 0.2) is 0 Å². The molecular weight excluding hydrogens is 262 g/mol. The number of rotatable bonds is 6. The van der Waals surface area contributed by atoms with Gasteiger partial charge < -0.3 is 10.6 Å². The number of nitrogens with zero attached hydrogens (tertiary/aromatic N) is 1. The Labute approximate surface area is 127 Å². The third-order valence-electron chi connectivity index (χ3n) is 3.95. The van der Waals surface area contributed by atoms with Crippen LogP contribution in [-0.2, 0) is 4.79 Å². The number of carbonyl (C=O) groups excluding carboxylic acids is 1. The predicted molar refractivity (Wildman–Crippen MR) is 86.1 cm³/mol. The average molecular weight is 287 g/mol. The van der Waals surface area contributed by atoms with Crippen LogP contribution in [0.4, 0.5) is 0 Å². The minimum absolute atomic E-state index is 0.0741. The maximum atomic E-state index is 12.6. The molecule has 0 saturated heterocycles. The molecule has 2 N–H and O–H groups in total. The smallest absolute Gasteiger partial charge is 0.242 e. The minimum atomic E-state index is -0.224. The Kier molecular flexibility index (Phi) is 5.96. The Bertz CT molecular complexity index is 484. The van der Waals surface area contributed by atoms with Crippen molar-refractivity contribution in [3.63, 3.8) is 0 Å². The van der Waals surface area contributed by atoms with Gasteiger partial charge in [-0.2, -0.15) is 0 Å². The first kappa shape index (κ1) is 15.7. The zero-order valence-electron chi connectivity index (χ0n) is 12.9. The Balaban J connectivity index is 2.02. The lowest BCUT2D eigenvalue weighted by Gasteiger charge is -2.27. The van der Waals surface area contributed by atoms with Crippen LogP contribution >= 0.6 is 0 Å². The predicted octanol–water partition coefficient (Wildman–Crippen LogP) is 1.72. The summed E-state index contributed by atoms with van der Waals surface area (Å²) in [6, 6.07) is 9.74. The van der Waals surface area contributed by atoms with Gasteiger partial charge in [0.05, 0.1) is 0 Å². The van der Waals surface area contributed by atoms with Crippen molar-refractivity contribution >= 4 is 5.91 Å². The van der Waals surface area contributed by atoms with Crippen LogP contribution in [0.2, 0.25) is 0 Å². The molecule has 1 aromatic rings. The number of hydrogen-bond donors (Lipinski definition) is 2. The average Bonchev–Trinajstić information content (AvgIpc) is 2.55. The van der Waals surface area contributed by atoms with Crippen LogP contribution in [0.3, 0.4) is 0 Å². The van der Waals surface area contributed by atoms with Crippen LogP contribution in [0.5, 0.6) is 0 Å². The van der Waals surface area contributed by atoms with Crippen LogP contribution in [-0.4, -0.2) is 44.0 Å². The van der Waals surface area contributed by atoms with E-state index in [-0.39, 0.29) is 11.9 Å². The second-order valence-corrected chi connectivity index (χ2v) is 5.42. The van der Waals surface area contributed by atoms with Crippen LogP contribution in [0, 0.1) is 0 Å². The van der Waals surface area contributed by atoms with Crippen molar-refractivity contribution in [3.8, 4) is 0 Å². The second-order valence-electron chi connectivity index (χ2n) is 5.42. The van der Waals surface area contributed by atoms with E-state index in [4.69, 9.17) is 0 Å². The van der Waals surface area contributed by atoms with Crippen molar-refractivity contribution < 1.29 is 4.79 Å². The number of hydrogen-bond acceptors (Lipinski definition) is 3. The highest BCUT2D eigenvalue weighted by Gasteiger charge is 2.23. The van der Waals surface area contributed by atoms with Crippen LogP contribution < -0.4 is 10.6 Å². The molecule has 114 valence electrons. The lowest BCUT2D eigenvalue weighted by molar-refractivity contribution is -0.126. The standard InChI is InChI=1S/C17H25N3O/c1-3-20(2)16(15-7-5-4-6-8-15)17(21)19-13-14-9-11-18-12-10-14/h4-9,16,18H,3,10-13H2,1-2H3,(H,19,21). The van der Waals surface area contributed by atoms with Gasteiger partial charge in [-0.25, -0.2) is 0 Å². The Morgan fingerprint density at radius 1 is 1.38 bits per heavy atom. The summed E-state index contributed by atoms with van der Waals surface area (Å²) >= 11 is 0. The van der Waals surface area contributed by atoms with Gasteiger partial charge >= 0.3 is 0 Å². The highest BCUT2D eigenvalue weighted by atomic mass is 16.2. The van der Waals surface area contributed by atoms with Crippen molar-refractivity contribution in [2.75, 3.05) is 33.2 Å². The summed E-state index contributed by atoms with van der Waals surface area (Å²) in [5.74, 6) is 0.0741. The van der Waals surface area contributed by atoms with Gasteiger partial charge in [-0.15, -0.1) is 0 Å². The van der Waals surface area contributed by atoms with E-state index in [9.17, 15) is 4.79 Å². The van der Waals surface area contributed by atoms with Crippen molar-refractivity contribution in [1.29, 1.82) is 0 Å². The number of amides is 1. The minimum Gasteiger partial charge on any atom is -0.351 e. The zero-order chi connectivity index (χ0) is 15.1. The highest BCUT2D eigenvalue weighted by molar-refractivity contribution is 5.83. The topological polar surface area (TPSA) is 44.4 Å².